The predicted octanol–water partition coefficient (Wildman–Crippen LogP) is -0.0100. The molecule has 0 aliphatic carbocycles. The summed E-state index contributed by atoms with van der Waals surface area (Å²) >= 11 is 0. The van der Waals surface area contributed by atoms with Crippen LogP contribution in [0.5, 0.6) is 0 Å². The fraction of sp³-hybridized carbons (Fsp3) is 0. The van der Waals surface area contributed by atoms with E-state index in [0.29, 0.717) is 0 Å². The Morgan fingerprint density at radius 2 is 1.00 bits per heavy atom. The van der Waals surface area contributed by atoms with Gasteiger partial charge in [-0.25, -0.2) is 0 Å². The number of hydrogen-bond donors (Lipinski definition) is 0. The summed E-state index contributed by atoms with van der Waals surface area (Å²) in [5, 5.41) is 0. The standard InChI is InChI=1S/Co.Cu.Pd.Zn. The fourth-order valence-corrected chi connectivity index (χ4v) is 0. The van der Waals surface area contributed by atoms with Crippen molar-refractivity contribution in [1.29, 1.82) is 0 Å². The molecule has 0 aliphatic heterocycles. The summed E-state index contributed by atoms with van der Waals surface area (Å²) in [6.45, 7) is 0. The molecule has 4 heavy (non-hydrogen) atoms. The van der Waals surface area contributed by atoms with Gasteiger partial charge in [-0.2, -0.15) is 0 Å². The molecule has 0 amide bonds. The Bertz CT molecular complexity index is 8.00. The van der Waals surface area contributed by atoms with E-state index in [9.17, 15) is 0 Å². The molecule has 0 N–H and O–H groups in total. The molecule has 0 aromatic rings. The van der Waals surface area contributed by atoms with E-state index >= 15 is 0 Å². The van der Waals surface area contributed by atoms with Gasteiger partial charge in [-0.3, -0.25) is 0 Å². The van der Waals surface area contributed by atoms with Crippen molar-refractivity contribution in [3.8, 4) is 0 Å². The summed E-state index contributed by atoms with van der Waals surface area (Å²) in [5.41, 5.74) is 0. The summed E-state index contributed by atoms with van der Waals surface area (Å²) in [6.07, 6.45) is 0. The first kappa shape index (κ1) is 33.3. The minimum absolute atomic E-state index is 0. The third-order valence-electron chi connectivity index (χ3n) is 0. The predicted molar refractivity (Wildman–Crippen MR) is 0 cm³/mol. The molecule has 32 valence electrons. The fourth-order valence-electron chi connectivity index (χ4n) is 0. The van der Waals surface area contributed by atoms with Gasteiger partial charge < -0.3 is 0 Å². The third-order valence-corrected chi connectivity index (χ3v) is 0. The molecule has 0 atom stereocenters. The molecule has 0 heterocycles. The van der Waals surface area contributed by atoms with Crippen LogP contribution in [0.1, 0.15) is 0 Å². The van der Waals surface area contributed by atoms with Gasteiger partial charge in [0.25, 0.3) is 0 Å². The molecule has 4 heteroatoms. The summed E-state index contributed by atoms with van der Waals surface area (Å²) in [5.74, 6) is 0. The van der Waals surface area contributed by atoms with E-state index in [1.54, 1.807) is 0 Å². The maximum Gasteiger partial charge on any atom is 0 e. The summed E-state index contributed by atoms with van der Waals surface area (Å²) in [4.78, 5) is 0. The van der Waals surface area contributed by atoms with E-state index in [4.69, 9.17) is 0 Å². The Morgan fingerprint density at radius 3 is 1.00 bits per heavy atom. The van der Waals surface area contributed by atoms with E-state index in [1.807, 2.05) is 0 Å². The largest absolute Gasteiger partial charge is 0 e. The first-order chi connectivity index (χ1) is 0. The maximum atomic E-state index is 0. The van der Waals surface area contributed by atoms with Crippen molar-refractivity contribution in [2.24, 2.45) is 0 Å². The zero-order valence-corrected chi connectivity index (χ0v) is 8.16. The average Bonchev–Trinajstić information content (AvgIpc) is 0. The van der Waals surface area contributed by atoms with Crippen molar-refractivity contribution in [2.45, 2.75) is 0 Å². The Kier molecular flexibility index (Phi) is 154. The molecule has 0 nitrogen and oxygen atoms in total. The van der Waals surface area contributed by atoms with Crippen LogP contribution >= 0.6 is 0 Å². The molecule has 0 aliphatic rings. The van der Waals surface area contributed by atoms with Gasteiger partial charge in [0, 0.05) is 73.7 Å². The molecule has 0 bridgehead atoms. The topological polar surface area (TPSA) is 0 Å². The van der Waals surface area contributed by atoms with Gasteiger partial charge in [0.2, 0.25) is 0 Å². The van der Waals surface area contributed by atoms with E-state index < -0.39 is 0 Å². The first-order valence-corrected chi connectivity index (χ1v) is 0. The van der Waals surface area contributed by atoms with Crippen LogP contribution in [0.2, 0.25) is 0 Å². The quantitative estimate of drug-likeness (QED) is 0.551. The van der Waals surface area contributed by atoms with Crippen LogP contribution in [0.15, 0.2) is 0 Å². The van der Waals surface area contributed by atoms with Crippen LogP contribution in [-0.2, 0) is 73.7 Å². The van der Waals surface area contributed by atoms with E-state index in [0.717, 1.165) is 0 Å². The van der Waals surface area contributed by atoms with Crippen molar-refractivity contribution in [1.82, 2.24) is 0 Å². The van der Waals surface area contributed by atoms with Gasteiger partial charge in [0.1, 0.15) is 0 Å². The first-order valence-electron chi connectivity index (χ1n) is 0. The zero-order valence-electron chi connectivity index (χ0n) is 1.66. The Hall–Kier alpha value is 2.31. The monoisotopic (exact) mass is 292 g/mol. The van der Waals surface area contributed by atoms with Crippen LogP contribution in [0, 0.1) is 0 Å². The zero-order chi connectivity index (χ0) is 0. The minimum atomic E-state index is 0. The molecule has 0 unspecified atom stereocenters. The molecule has 0 spiro atoms. The second-order valence-electron chi connectivity index (χ2n) is 0. The van der Waals surface area contributed by atoms with Gasteiger partial charge in [-0.1, -0.05) is 0 Å². The van der Waals surface area contributed by atoms with Crippen molar-refractivity contribution in [3.63, 3.8) is 0 Å². The molecule has 0 saturated heterocycles. The molecule has 0 aromatic carbocycles. The van der Waals surface area contributed by atoms with Gasteiger partial charge >= 0.3 is 0 Å². The van der Waals surface area contributed by atoms with Crippen molar-refractivity contribution >= 4 is 0 Å². The Labute approximate surface area is 72.9 Å². The average molecular weight is 294 g/mol. The molecule has 2 radical (unpaired) electrons. The SMILES string of the molecule is [Co].[Cu].[Pd].[Zn]. The van der Waals surface area contributed by atoms with Gasteiger partial charge in [0.15, 0.2) is 0 Å². The van der Waals surface area contributed by atoms with Crippen molar-refractivity contribution in [3.05, 3.63) is 0 Å². The Balaban J connectivity index is 0. The molecule has 0 fully saturated rings. The maximum absolute atomic E-state index is 0. The molecule has 0 aromatic heterocycles. The van der Waals surface area contributed by atoms with Crippen molar-refractivity contribution in [2.75, 3.05) is 0 Å². The third kappa shape index (κ3) is 8.85. The molecule has 0 rings (SSSR count). The van der Waals surface area contributed by atoms with E-state index in [2.05, 4.69) is 0 Å². The van der Waals surface area contributed by atoms with Gasteiger partial charge in [-0.05, 0) is 0 Å². The molecular weight excluding hydrogens is 294 g/mol. The molecular formula is CoCuPdZn. The summed E-state index contributed by atoms with van der Waals surface area (Å²) in [7, 11) is 0. The van der Waals surface area contributed by atoms with Crippen LogP contribution in [-0.4, -0.2) is 0 Å². The van der Waals surface area contributed by atoms with Crippen LogP contribution in [0.4, 0.5) is 0 Å². The van der Waals surface area contributed by atoms with Gasteiger partial charge in [0.05, 0.1) is 0 Å². The molecule has 0 saturated carbocycles. The number of rotatable bonds is 0. The van der Waals surface area contributed by atoms with Crippen molar-refractivity contribution < 1.29 is 73.7 Å². The smallest absolute Gasteiger partial charge is 0 e. The van der Waals surface area contributed by atoms with E-state index in [-0.39, 0.29) is 73.7 Å². The van der Waals surface area contributed by atoms with E-state index in [1.165, 1.54) is 0 Å². The van der Waals surface area contributed by atoms with Gasteiger partial charge in [-0.15, -0.1) is 0 Å². The van der Waals surface area contributed by atoms with Crippen LogP contribution < -0.4 is 0 Å². The number of hydrogen-bond acceptors (Lipinski definition) is 0. The minimum Gasteiger partial charge on any atom is 0 e. The normalized spacial score (nSPS) is 0. The second kappa shape index (κ2) is 18.5. The second-order valence-corrected chi connectivity index (χ2v) is 0. The summed E-state index contributed by atoms with van der Waals surface area (Å²) in [6, 6.07) is 0. The van der Waals surface area contributed by atoms with Crippen LogP contribution in [0.25, 0.3) is 0 Å². The van der Waals surface area contributed by atoms with Crippen LogP contribution in [0.3, 0.4) is 0 Å². The Morgan fingerprint density at radius 1 is 1.00 bits per heavy atom. The summed E-state index contributed by atoms with van der Waals surface area (Å²) < 4.78 is 0.